The minimum absolute atomic E-state index is 0.0726. The van der Waals surface area contributed by atoms with E-state index in [0.717, 1.165) is 10.5 Å². The molecule has 1 N–H and O–H groups in total. The van der Waals surface area contributed by atoms with Crippen molar-refractivity contribution in [2.45, 2.75) is 25.2 Å². The highest BCUT2D eigenvalue weighted by Crippen LogP contribution is 2.09. The second kappa shape index (κ2) is 7.94. The Morgan fingerprint density at radius 2 is 1.85 bits per heavy atom. The molecule has 0 heterocycles. The lowest BCUT2D eigenvalue weighted by atomic mass is 10.1. The molecular weight excluding hydrogens is 272 g/mol. The summed E-state index contributed by atoms with van der Waals surface area (Å²) in [4.78, 5) is 26.0. The zero-order valence-electron chi connectivity index (χ0n) is 12.2. The van der Waals surface area contributed by atoms with Crippen molar-refractivity contribution in [3.05, 3.63) is 29.8 Å². The van der Waals surface area contributed by atoms with E-state index in [0.29, 0.717) is 18.9 Å². The third-order valence-corrected chi connectivity index (χ3v) is 3.10. The van der Waals surface area contributed by atoms with Gasteiger partial charge in [0.2, 0.25) is 11.8 Å². The zero-order valence-corrected chi connectivity index (χ0v) is 13.1. The van der Waals surface area contributed by atoms with E-state index in [-0.39, 0.29) is 18.4 Å². The van der Waals surface area contributed by atoms with Crippen LogP contribution < -0.4 is 5.32 Å². The molecule has 0 bridgehead atoms. The van der Waals surface area contributed by atoms with Crippen LogP contribution in [0.1, 0.15) is 19.4 Å². The number of benzene rings is 1. The van der Waals surface area contributed by atoms with Crippen molar-refractivity contribution in [1.82, 2.24) is 10.2 Å². The number of thiol groups is 1. The number of hydrogen-bond acceptors (Lipinski definition) is 3. The molecule has 0 unspecified atom stereocenters. The Bertz CT molecular complexity index is 457. The van der Waals surface area contributed by atoms with Crippen LogP contribution in [-0.4, -0.2) is 36.9 Å². The molecule has 1 rings (SSSR count). The van der Waals surface area contributed by atoms with Gasteiger partial charge in [0.05, 0.1) is 13.0 Å². The maximum atomic E-state index is 12.0. The normalized spacial score (nSPS) is 10.4. The van der Waals surface area contributed by atoms with Gasteiger partial charge in [0.1, 0.15) is 0 Å². The van der Waals surface area contributed by atoms with Gasteiger partial charge in [-0.1, -0.05) is 26.0 Å². The Balaban J connectivity index is 2.42. The number of rotatable bonds is 6. The maximum Gasteiger partial charge on any atom is 0.239 e. The fourth-order valence-electron chi connectivity index (χ4n) is 1.60. The molecule has 0 radical (unpaired) electrons. The molecule has 0 spiro atoms. The number of nitrogens with zero attached hydrogens (tertiary/aromatic N) is 1. The van der Waals surface area contributed by atoms with E-state index >= 15 is 0 Å². The van der Waals surface area contributed by atoms with Gasteiger partial charge in [-0.05, 0) is 23.6 Å². The summed E-state index contributed by atoms with van der Waals surface area (Å²) in [5.74, 6) is 0.205. The van der Waals surface area contributed by atoms with E-state index in [4.69, 9.17) is 0 Å². The smallest absolute Gasteiger partial charge is 0.239 e. The fraction of sp³-hybridized carbons (Fsp3) is 0.467. The minimum atomic E-state index is -0.125. The lowest BCUT2D eigenvalue weighted by molar-refractivity contribution is -0.134. The number of amides is 2. The van der Waals surface area contributed by atoms with Gasteiger partial charge in [0.25, 0.3) is 0 Å². The van der Waals surface area contributed by atoms with Crippen molar-refractivity contribution < 1.29 is 9.59 Å². The molecule has 20 heavy (non-hydrogen) atoms. The second-order valence-electron chi connectivity index (χ2n) is 5.29. The molecule has 0 aromatic heterocycles. The van der Waals surface area contributed by atoms with Gasteiger partial charge in [-0.25, -0.2) is 0 Å². The average molecular weight is 294 g/mol. The second-order valence-corrected chi connectivity index (χ2v) is 5.81. The van der Waals surface area contributed by atoms with Crippen LogP contribution in [0.15, 0.2) is 29.2 Å². The molecule has 0 aliphatic rings. The van der Waals surface area contributed by atoms with Gasteiger partial charge in [-0.2, -0.15) is 0 Å². The molecule has 2 amide bonds. The van der Waals surface area contributed by atoms with E-state index in [1.807, 2.05) is 38.1 Å². The fourth-order valence-corrected chi connectivity index (χ4v) is 1.75. The number of hydrogen-bond donors (Lipinski definition) is 2. The van der Waals surface area contributed by atoms with E-state index < -0.39 is 0 Å². The third kappa shape index (κ3) is 6.10. The molecule has 0 aliphatic heterocycles. The summed E-state index contributed by atoms with van der Waals surface area (Å²) in [7, 11) is 1.64. The summed E-state index contributed by atoms with van der Waals surface area (Å²) >= 11 is 4.20. The van der Waals surface area contributed by atoms with Gasteiger partial charge >= 0.3 is 0 Å². The summed E-state index contributed by atoms with van der Waals surface area (Å²) < 4.78 is 0. The van der Waals surface area contributed by atoms with E-state index in [1.54, 1.807) is 7.05 Å². The highest BCUT2D eigenvalue weighted by molar-refractivity contribution is 7.80. The summed E-state index contributed by atoms with van der Waals surface area (Å²) in [6, 6.07) is 7.43. The van der Waals surface area contributed by atoms with Gasteiger partial charge in [-0.15, -0.1) is 12.6 Å². The molecule has 110 valence electrons. The maximum absolute atomic E-state index is 12.0. The highest BCUT2D eigenvalue weighted by Gasteiger charge is 2.13. The largest absolute Gasteiger partial charge is 0.354 e. The van der Waals surface area contributed by atoms with Crippen molar-refractivity contribution in [3.8, 4) is 0 Å². The van der Waals surface area contributed by atoms with Crippen LogP contribution in [0, 0.1) is 5.92 Å². The monoisotopic (exact) mass is 294 g/mol. The van der Waals surface area contributed by atoms with Crippen molar-refractivity contribution in [3.63, 3.8) is 0 Å². The predicted octanol–water partition coefficient (Wildman–Crippen LogP) is 1.75. The molecule has 0 saturated carbocycles. The first kappa shape index (κ1) is 16.6. The number of carbonyl (C=O) groups excluding carboxylic acids is 2. The molecule has 5 heteroatoms. The lowest BCUT2D eigenvalue weighted by Crippen LogP contribution is -2.40. The molecule has 1 aromatic carbocycles. The summed E-state index contributed by atoms with van der Waals surface area (Å²) in [5.41, 5.74) is 0.919. The molecule has 1 aromatic rings. The van der Waals surface area contributed by atoms with Crippen LogP contribution in [0.2, 0.25) is 0 Å². The first-order valence-corrected chi connectivity index (χ1v) is 7.11. The SMILES string of the molecule is CC(C)CNC(=O)CN(C)C(=O)Cc1ccc(S)cc1. The van der Waals surface area contributed by atoms with Crippen molar-refractivity contribution >= 4 is 24.4 Å². The van der Waals surface area contributed by atoms with Crippen molar-refractivity contribution in [2.24, 2.45) is 5.92 Å². The quantitative estimate of drug-likeness (QED) is 0.785. The number of carbonyl (C=O) groups is 2. The van der Waals surface area contributed by atoms with E-state index in [1.165, 1.54) is 4.90 Å². The predicted molar refractivity (Wildman–Crippen MR) is 82.9 cm³/mol. The molecule has 4 nitrogen and oxygen atoms in total. The van der Waals surface area contributed by atoms with Gasteiger partial charge in [0.15, 0.2) is 0 Å². The Morgan fingerprint density at radius 3 is 2.40 bits per heavy atom. The van der Waals surface area contributed by atoms with Crippen LogP contribution in [0.5, 0.6) is 0 Å². The van der Waals surface area contributed by atoms with E-state index in [9.17, 15) is 9.59 Å². The summed E-state index contributed by atoms with van der Waals surface area (Å²) in [6.07, 6.45) is 0.294. The van der Waals surface area contributed by atoms with Crippen LogP contribution in [-0.2, 0) is 16.0 Å². The van der Waals surface area contributed by atoms with E-state index in [2.05, 4.69) is 17.9 Å². The summed E-state index contributed by atoms with van der Waals surface area (Å²) in [5, 5.41) is 2.80. The summed E-state index contributed by atoms with van der Waals surface area (Å²) in [6.45, 7) is 4.78. The van der Waals surface area contributed by atoms with Crippen LogP contribution in [0.25, 0.3) is 0 Å². The van der Waals surface area contributed by atoms with Gasteiger partial charge < -0.3 is 10.2 Å². The number of nitrogens with one attached hydrogen (secondary N) is 1. The van der Waals surface area contributed by atoms with Crippen LogP contribution >= 0.6 is 12.6 Å². The number of likely N-dealkylation sites (N-methyl/N-ethyl adjacent to an activating group) is 1. The Hall–Kier alpha value is -1.49. The van der Waals surface area contributed by atoms with Crippen molar-refractivity contribution in [1.29, 1.82) is 0 Å². The molecule has 0 aliphatic carbocycles. The van der Waals surface area contributed by atoms with Gasteiger partial charge in [0, 0.05) is 18.5 Å². The minimum Gasteiger partial charge on any atom is -0.354 e. The first-order valence-electron chi connectivity index (χ1n) is 6.67. The Kier molecular flexibility index (Phi) is 6.58. The average Bonchev–Trinajstić information content (AvgIpc) is 2.39. The lowest BCUT2D eigenvalue weighted by Gasteiger charge is -2.17. The zero-order chi connectivity index (χ0) is 15.1. The molecule has 0 fully saturated rings. The Labute approximate surface area is 126 Å². The topological polar surface area (TPSA) is 49.4 Å². The standard InChI is InChI=1S/C15H22N2O2S/c1-11(2)9-16-14(18)10-17(3)15(19)8-12-4-6-13(20)7-5-12/h4-7,11,20H,8-10H2,1-3H3,(H,16,18). The Morgan fingerprint density at radius 1 is 1.25 bits per heavy atom. The molecule has 0 saturated heterocycles. The third-order valence-electron chi connectivity index (χ3n) is 2.81. The van der Waals surface area contributed by atoms with Crippen LogP contribution in [0.4, 0.5) is 0 Å². The van der Waals surface area contributed by atoms with Crippen LogP contribution in [0.3, 0.4) is 0 Å². The molecular formula is C15H22N2O2S. The van der Waals surface area contributed by atoms with Gasteiger partial charge in [-0.3, -0.25) is 9.59 Å². The van der Waals surface area contributed by atoms with Crippen molar-refractivity contribution in [2.75, 3.05) is 20.1 Å². The first-order chi connectivity index (χ1) is 9.38. The molecule has 0 atom stereocenters. The highest BCUT2D eigenvalue weighted by atomic mass is 32.1.